The molecule has 0 unspecified atom stereocenters. The van der Waals surface area contributed by atoms with E-state index >= 15 is 0 Å². The summed E-state index contributed by atoms with van der Waals surface area (Å²) in [7, 11) is 0. The molecule has 6 nitrogen and oxygen atoms in total. The van der Waals surface area contributed by atoms with Crippen molar-refractivity contribution in [1.29, 1.82) is 0 Å². The average molecular weight is 329 g/mol. The van der Waals surface area contributed by atoms with Crippen molar-refractivity contribution in [3.63, 3.8) is 0 Å². The van der Waals surface area contributed by atoms with Crippen LogP contribution < -0.4 is 4.74 Å². The van der Waals surface area contributed by atoms with Crippen molar-refractivity contribution in [1.82, 2.24) is 15.1 Å². The summed E-state index contributed by atoms with van der Waals surface area (Å²) in [6.45, 7) is 2.47. The van der Waals surface area contributed by atoms with E-state index in [2.05, 4.69) is 10.2 Å². The van der Waals surface area contributed by atoms with Crippen molar-refractivity contribution >= 4 is 5.91 Å². The number of piperidine rings is 1. The first-order valence-corrected chi connectivity index (χ1v) is 8.35. The number of hydrogen-bond donors (Lipinski definition) is 1. The second-order valence-electron chi connectivity index (χ2n) is 5.90. The molecule has 0 saturated carbocycles. The van der Waals surface area contributed by atoms with E-state index in [1.54, 1.807) is 6.20 Å². The lowest BCUT2D eigenvalue weighted by atomic mass is 9.95. The molecule has 24 heavy (non-hydrogen) atoms. The lowest BCUT2D eigenvalue weighted by Crippen LogP contribution is -2.41. The number of para-hydroxylation sites is 1. The molecule has 1 N–H and O–H groups in total. The maximum atomic E-state index is 12.3. The molecule has 1 aliphatic heterocycles. The first-order valence-electron chi connectivity index (χ1n) is 8.35. The Morgan fingerprint density at radius 3 is 2.92 bits per heavy atom. The maximum Gasteiger partial charge on any atom is 0.248 e. The molecule has 3 rings (SSSR count). The van der Waals surface area contributed by atoms with Crippen LogP contribution in [0.15, 0.2) is 42.6 Å². The van der Waals surface area contributed by atoms with Crippen LogP contribution >= 0.6 is 0 Å². The normalized spacial score (nSPS) is 17.7. The van der Waals surface area contributed by atoms with Crippen molar-refractivity contribution in [3.8, 4) is 5.75 Å². The summed E-state index contributed by atoms with van der Waals surface area (Å²) in [4.78, 5) is 14.2. The van der Waals surface area contributed by atoms with Crippen LogP contribution in [-0.2, 0) is 9.53 Å². The van der Waals surface area contributed by atoms with Gasteiger partial charge in [0.05, 0.1) is 6.61 Å². The molecule has 1 saturated heterocycles. The number of carbonyl (C=O) groups is 1. The Bertz CT molecular complexity index is 616. The van der Waals surface area contributed by atoms with Gasteiger partial charge in [-0.15, -0.1) is 0 Å². The standard InChI is InChI=1S/C18H23N3O3/c22-18(14-23-11-12-24-16-6-2-1-3-7-16)21-10-4-5-15(13-21)17-8-9-19-20-17/h1-3,6-9,15H,4-5,10-14H2,(H,19,20)/t15-/m0/s1. The van der Waals surface area contributed by atoms with Crippen molar-refractivity contribution in [2.75, 3.05) is 32.9 Å². The molecule has 2 aromatic rings. The summed E-state index contributed by atoms with van der Waals surface area (Å²) in [5, 5.41) is 7.00. The Morgan fingerprint density at radius 2 is 2.12 bits per heavy atom. The third-order valence-electron chi connectivity index (χ3n) is 4.20. The summed E-state index contributed by atoms with van der Waals surface area (Å²) in [5.41, 5.74) is 1.10. The van der Waals surface area contributed by atoms with Gasteiger partial charge < -0.3 is 14.4 Å². The number of nitrogens with one attached hydrogen (secondary N) is 1. The lowest BCUT2D eigenvalue weighted by Gasteiger charge is -2.32. The van der Waals surface area contributed by atoms with Gasteiger partial charge in [0.15, 0.2) is 0 Å². The van der Waals surface area contributed by atoms with Gasteiger partial charge in [-0.2, -0.15) is 5.10 Å². The summed E-state index contributed by atoms with van der Waals surface area (Å²) in [5.74, 6) is 1.19. The van der Waals surface area contributed by atoms with Crippen molar-refractivity contribution in [2.24, 2.45) is 0 Å². The highest BCUT2D eigenvalue weighted by Gasteiger charge is 2.25. The molecule has 128 valence electrons. The Labute approximate surface area is 141 Å². The number of aromatic amines is 1. The molecular formula is C18H23N3O3. The van der Waals surface area contributed by atoms with Gasteiger partial charge in [-0.1, -0.05) is 18.2 Å². The van der Waals surface area contributed by atoms with E-state index in [-0.39, 0.29) is 12.5 Å². The van der Waals surface area contributed by atoms with Crippen LogP contribution in [0.2, 0.25) is 0 Å². The van der Waals surface area contributed by atoms with E-state index in [1.807, 2.05) is 41.3 Å². The van der Waals surface area contributed by atoms with Gasteiger partial charge in [0.25, 0.3) is 0 Å². The molecule has 1 fully saturated rings. The van der Waals surface area contributed by atoms with Gasteiger partial charge in [0.2, 0.25) is 5.91 Å². The summed E-state index contributed by atoms with van der Waals surface area (Å²) >= 11 is 0. The van der Waals surface area contributed by atoms with Gasteiger partial charge >= 0.3 is 0 Å². The van der Waals surface area contributed by atoms with E-state index in [0.717, 1.165) is 37.4 Å². The van der Waals surface area contributed by atoms with Crippen molar-refractivity contribution in [3.05, 3.63) is 48.3 Å². The minimum Gasteiger partial charge on any atom is -0.491 e. The Hall–Kier alpha value is -2.34. The number of aromatic nitrogens is 2. The van der Waals surface area contributed by atoms with E-state index in [4.69, 9.17) is 9.47 Å². The number of benzene rings is 1. The molecule has 0 aliphatic carbocycles. The van der Waals surface area contributed by atoms with Crippen LogP contribution in [-0.4, -0.2) is 53.9 Å². The van der Waals surface area contributed by atoms with Gasteiger partial charge in [-0.25, -0.2) is 0 Å². The first kappa shape index (κ1) is 16.5. The summed E-state index contributed by atoms with van der Waals surface area (Å²) < 4.78 is 11.0. The van der Waals surface area contributed by atoms with Crippen molar-refractivity contribution in [2.45, 2.75) is 18.8 Å². The zero-order valence-corrected chi connectivity index (χ0v) is 13.7. The molecule has 1 aromatic carbocycles. The monoisotopic (exact) mass is 329 g/mol. The molecule has 1 aliphatic rings. The summed E-state index contributed by atoms with van der Waals surface area (Å²) in [6.07, 6.45) is 3.84. The second kappa shape index (κ2) is 8.49. The number of carbonyl (C=O) groups excluding carboxylic acids is 1. The van der Waals surface area contributed by atoms with Crippen LogP contribution in [0.1, 0.15) is 24.5 Å². The van der Waals surface area contributed by atoms with E-state index in [9.17, 15) is 4.79 Å². The van der Waals surface area contributed by atoms with Crippen LogP contribution in [0.5, 0.6) is 5.75 Å². The first-order chi connectivity index (χ1) is 11.8. The number of amides is 1. The van der Waals surface area contributed by atoms with Gasteiger partial charge in [0, 0.05) is 30.9 Å². The molecule has 2 heterocycles. The van der Waals surface area contributed by atoms with Crippen LogP contribution in [0.25, 0.3) is 0 Å². The highest BCUT2D eigenvalue weighted by molar-refractivity contribution is 5.77. The maximum absolute atomic E-state index is 12.3. The molecule has 1 aromatic heterocycles. The minimum absolute atomic E-state index is 0.0407. The number of rotatable bonds is 7. The van der Waals surface area contributed by atoms with E-state index in [1.165, 1.54) is 0 Å². The predicted octanol–water partition coefficient (Wildman–Crippen LogP) is 2.21. The fourth-order valence-electron chi connectivity index (χ4n) is 2.94. The largest absolute Gasteiger partial charge is 0.491 e. The third kappa shape index (κ3) is 4.58. The average Bonchev–Trinajstić information content (AvgIpc) is 3.17. The fraction of sp³-hybridized carbons (Fsp3) is 0.444. The quantitative estimate of drug-likeness (QED) is 0.791. The molecule has 0 radical (unpaired) electrons. The topological polar surface area (TPSA) is 67.5 Å². The fourth-order valence-corrected chi connectivity index (χ4v) is 2.94. The number of nitrogens with zero attached hydrogens (tertiary/aromatic N) is 2. The van der Waals surface area contributed by atoms with Crippen LogP contribution in [0, 0.1) is 0 Å². The Balaban J connectivity index is 1.36. The zero-order valence-electron chi connectivity index (χ0n) is 13.7. The number of H-pyrrole nitrogens is 1. The Morgan fingerprint density at radius 1 is 1.25 bits per heavy atom. The predicted molar refractivity (Wildman–Crippen MR) is 89.9 cm³/mol. The van der Waals surface area contributed by atoms with Gasteiger partial charge in [-0.3, -0.25) is 9.89 Å². The minimum atomic E-state index is 0.0407. The van der Waals surface area contributed by atoms with E-state index < -0.39 is 0 Å². The molecule has 0 spiro atoms. The number of ether oxygens (including phenoxy) is 2. The third-order valence-corrected chi connectivity index (χ3v) is 4.20. The summed E-state index contributed by atoms with van der Waals surface area (Å²) in [6, 6.07) is 11.6. The van der Waals surface area contributed by atoms with E-state index in [0.29, 0.717) is 19.1 Å². The number of hydrogen-bond acceptors (Lipinski definition) is 4. The van der Waals surface area contributed by atoms with Crippen molar-refractivity contribution < 1.29 is 14.3 Å². The molecule has 6 heteroatoms. The van der Waals surface area contributed by atoms with Crippen LogP contribution in [0.4, 0.5) is 0 Å². The van der Waals surface area contributed by atoms with Gasteiger partial charge in [-0.05, 0) is 31.0 Å². The highest BCUT2D eigenvalue weighted by atomic mass is 16.5. The zero-order chi connectivity index (χ0) is 16.6. The molecule has 1 atom stereocenters. The highest BCUT2D eigenvalue weighted by Crippen LogP contribution is 2.25. The molecule has 1 amide bonds. The molecular weight excluding hydrogens is 306 g/mol. The Kier molecular flexibility index (Phi) is 5.85. The smallest absolute Gasteiger partial charge is 0.248 e. The van der Waals surface area contributed by atoms with Crippen LogP contribution in [0.3, 0.4) is 0 Å². The lowest BCUT2D eigenvalue weighted by molar-refractivity contribution is -0.137. The molecule has 0 bridgehead atoms. The second-order valence-corrected chi connectivity index (χ2v) is 5.90. The number of likely N-dealkylation sites (tertiary alicyclic amines) is 1. The van der Waals surface area contributed by atoms with Gasteiger partial charge in [0.1, 0.15) is 19.0 Å². The SMILES string of the molecule is O=C(COCCOc1ccccc1)N1CCC[C@H](c2ccn[nH]2)C1.